The molecule has 0 radical (unpaired) electrons. The lowest BCUT2D eigenvalue weighted by atomic mass is 10.2. The van der Waals surface area contributed by atoms with Crippen LogP contribution in [-0.2, 0) is 6.54 Å². The maximum Gasteiger partial charge on any atom is 0.330 e. The van der Waals surface area contributed by atoms with Crippen molar-refractivity contribution in [3.63, 3.8) is 0 Å². The number of aliphatic hydroxyl groups excluding tert-OH is 1. The number of imide groups is 1. The molecule has 3 N–H and O–H groups in total. The van der Waals surface area contributed by atoms with E-state index in [-0.39, 0.29) is 19.7 Å². The van der Waals surface area contributed by atoms with E-state index in [1.165, 1.54) is 6.34 Å². The van der Waals surface area contributed by atoms with E-state index in [1.807, 2.05) is 6.07 Å². The van der Waals surface area contributed by atoms with E-state index in [4.69, 9.17) is 16.3 Å². The van der Waals surface area contributed by atoms with Crippen LogP contribution in [0.25, 0.3) is 0 Å². The highest BCUT2D eigenvalue weighted by molar-refractivity contribution is 6.30. The maximum absolute atomic E-state index is 12.6. The Morgan fingerprint density at radius 2 is 1.83 bits per heavy atom. The highest BCUT2D eigenvalue weighted by atomic mass is 35.5. The van der Waals surface area contributed by atoms with Gasteiger partial charge in [0.2, 0.25) is 5.88 Å². The van der Waals surface area contributed by atoms with Crippen molar-refractivity contribution in [3.05, 3.63) is 95.7 Å². The molecule has 3 rings (SSSR count). The van der Waals surface area contributed by atoms with Gasteiger partial charge in [-0.2, -0.15) is 0 Å². The van der Waals surface area contributed by atoms with Crippen molar-refractivity contribution in [2.24, 2.45) is 4.99 Å². The first-order chi connectivity index (χ1) is 16.9. The molecule has 0 fully saturated rings. The smallest absolute Gasteiger partial charge is 0.330 e. The van der Waals surface area contributed by atoms with Gasteiger partial charge in [0.15, 0.2) is 0 Å². The summed E-state index contributed by atoms with van der Waals surface area (Å²) in [5.41, 5.74) is 1.65. The number of benzene rings is 2. The zero-order valence-electron chi connectivity index (χ0n) is 18.7. The van der Waals surface area contributed by atoms with Crippen molar-refractivity contribution >= 4 is 35.7 Å². The molecule has 0 aliphatic heterocycles. The summed E-state index contributed by atoms with van der Waals surface area (Å²) in [6, 6.07) is 17.7. The van der Waals surface area contributed by atoms with E-state index in [0.29, 0.717) is 27.9 Å². The largest absolute Gasteiger partial charge is 0.439 e. The van der Waals surface area contributed by atoms with Crippen molar-refractivity contribution in [1.29, 1.82) is 0 Å². The van der Waals surface area contributed by atoms with Crippen molar-refractivity contribution in [2.75, 3.05) is 13.2 Å². The van der Waals surface area contributed by atoms with Gasteiger partial charge in [0, 0.05) is 23.8 Å². The van der Waals surface area contributed by atoms with E-state index >= 15 is 0 Å². The number of carbonyl (C=O) groups excluding carboxylic acids is 2. The predicted octanol–water partition coefficient (Wildman–Crippen LogP) is 4.66. The minimum atomic E-state index is -0.730. The lowest BCUT2D eigenvalue weighted by Gasteiger charge is -2.21. The standard InChI is InChI=1S/C25H24ClN5O4/c1-18(16-32)15-31(24(33)28-14-19-5-7-20(26)8-6-19)25(34)30-17-29-21-9-11-22(12-10-21)35-23-4-2-3-13-27-23/h2-13,17,32H,1,14-16H2,(H,28,33)(H,29,30,34). The van der Waals surface area contributed by atoms with Crippen LogP contribution >= 0.6 is 11.6 Å². The summed E-state index contributed by atoms with van der Waals surface area (Å²) >= 11 is 5.87. The van der Waals surface area contributed by atoms with Gasteiger partial charge in [-0.05, 0) is 53.6 Å². The zero-order chi connectivity index (χ0) is 25.0. The minimum Gasteiger partial charge on any atom is -0.439 e. The summed E-state index contributed by atoms with van der Waals surface area (Å²) in [6.07, 6.45) is 2.81. The molecule has 1 aromatic heterocycles. The Morgan fingerprint density at radius 3 is 2.49 bits per heavy atom. The Labute approximate surface area is 207 Å². The van der Waals surface area contributed by atoms with Crippen LogP contribution in [0.2, 0.25) is 5.02 Å². The van der Waals surface area contributed by atoms with Gasteiger partial charge in [0.25, 0.3) is 0 Å². The quantitative estimate of drug-likeness (QED) is 0.228. The molecular formula is C25H24ClN5O4. The molecule has 10 heteroatoms. The number of urea groups is 2. The first-order valence-corrected chi connectivity index (χ1v) is 10.9. The molecule has 9 nitrogen and oxygen atoms in total. The van der Waals surface area contributed by atoms with Crippen LogP contribution in [0, 0.1) is 0 Å². The zero-order valence-corrected chi connectivity index (χ0v) is 19.5. The fourth-order valence-electron chi connectivity index (χ4n) is 2.75. The number of aromatic nitrogens is 1. The van der Waals surface area contributed by atoms with Crippen LogP contribution in [0.5, 0.6) is 11.6 Å². The third-order valence-corrected chi connectivity index (χ3v) is 4.80. The second kappa shape index (κ2) is 12.9. The number of ether oxygens (including phenoxy) is 1. The van der Waals surface area contributed by atoms with E-state index < -0.39 is 12.1 Å². The van der Waals surface area contributed by atoms with E-state index in [2.05, 4.69) is 27.2 Å². The molecule has 0 atom stereocenters. The highest BCUT2D eigenvalue weighted by Gasteiger charge is 2.21. The number of amides is 4. The van der Waals surface area contributed by atoms with Crippen LogP contribution in [0.1, 0.15) is 5.56 Å². The van der Waals surface area contributed by atoms with E-state index in [9.17, 15) is 14.7 Å². The molecule has 35 heavy (non-hydrogen) atoms. The maximum atomic E-state index is 12.6. The number of aliphatic imine (C=N–C) groups is 1. The molecular weight excluding hydrogens is 470 g/mol. The van der Waals surface area contributed by atoms with Crippen molar-refractivity contribution in [2.45, 2.75) is 6.54 Å². The number of rotatable bonds is 9. The Balaban J connectivity index is 1.57. The summed E-state index contributed by atoms with van der Waals surface area (Å²) in [5.74, 6) is 1.05. The summed E-state index contributed by atoms with van der Waals surface area (Å²) in [5, 5.41) is 15.0. The van der Waals surface area contributed by atoms with Gasteiger partial charge in [-0.3, -0.25) is 5.32 Å². The van der Waals surface area contributed by atoms with Gasteiger partial charge in [-0.1, -0.05) is 36.4 Å². The third kappa shape index (κ3) is 8.26. The Bertz CT molecular complexity index is 1170. The summed E-state index contributed by atoms with van der Waals surface area (Å²) in [6.45, 7) is 3.31. The second-order valence-electron chi connectivity index (χ2n) is 7.25. The number of hydrogen-bond acceptors (Lipinski definition) is 6. The average Bonchev–Trinajstić information content (AvgIpc) is 2.88. The number of nitrogens with one attached hydrogen (secondary N) is 2. The van der Waals surface area contributed by atoms with Gasteiger partial charge in [-0.25, -0.2) is 24.5 Å². The fourth-order valence-corrected chi connectivity index (χ4v) is 2.88. The SMILES string of the molecule is C=C(CO)CN(C(=O)NC=Nc1ccc(Oc2ccccn2)cc1)C(=O)NCc1ccc(Cl)cc1. The Kier molecular flexibility index (Phi) is 9.35. The van der Waals surface area contributed by atoms with Crippen LogP contribution in [0.3, 0.4) is 0 Å². The molecule has 2 aromatic carbocycles. The van der Waals surface area contributed by atoms with Crippen LogP contribution < -0.4 is 15.4 Å². The molecule has 0 saturated heterocycles. The van der Waals surface area contributed by atoms with Gasteiger partial charge in [-0.15, -0.1) is 0 Å². The van der Waals surface area contributed by atoms with E-state index in [0.717, 1.165) is 10.5 Å². The number of hydrogen-bond donors (Lipinski definition) is 3. The van der Waals surface area contributed by atoms with Crippen molar-refractivity contribution in [1.82, 2.24) is 20.5 Å². The molecule has 1 heterocycles. The van der Waals surface area contributed by atoms with Gasteiger partial charge in [0.1, 0.15) is 5.75 Å². The van der Waals surface area contributed by atoms with Gasteiger partial charge in [0.05, 0.1) is 25.2 Å². The molecule has 0 bridgehead atoms. The predicted molar refractivity (Wildman–Crippen MR) is 134 cm³/mol. The van der Waals surface area contributed by atoms with E-state index in [1.54, 1.807) is 66.9 Å². The second-order valence-corrected chi connectivity index (χ2v) is 7.69. The summed E-state index contributed by atoms with van der Waals surface area (Å²) in [4.78, 5) is 34.4. The normalized spacial score (nSPS) is 10.6. The molecule has 3 aromatic rings. The van der Waals surface area contributed by atoms with Crippen LogP contribution in [-0.4, -0.2) is 46.5 Å². The van der Waals surface area contributed by atoms with Crippen molar-refractivity contribution in [3.8, 4) is 11.6 Å². The molecule has 0 unspecified atom stereocenters. The fraction of sp³-hybridized carbons (Fsp3) is 0.120. The summed E-state index contributed by atoms with van der Waals surface area (Å²) < 4.78 is 5.62. The molecule has 180 valence electrons. The molecule has 0 spiro atoms. The average molecular weight is 494 g/mol. The molecule has 0 aliphatic carbocycles. The lowest BCUT2D eigenvalue weighted by Crippen LogP contribution is -2.49. The topological polar surface area (TPSA) is 116 Å². The molecule has 0 aliphatic rings. The summed E-state index contributed by atoms with van der Waals surface area (Å²) in [7, 11) is 0. The molecule has 0 saturated carbocycles. The number of halogens is 1. The van der Waals surface area contributed by atoms with Crippen LogP contribution in [0.15, 0.2) is 90.1 Å². The highest BCUT2D eigenvalue weighted by Crippen LogP contribution is 2.22. The Morgan fingerprint density at radius 1 is 1.09 bits per heavy atom. The van der Waals surface area contributed by atoms with Gasteiger partial charge >= 0.3 is 12.1 Å². The number of nitrogens with zero attached hydrogens (tertiary/aromatic N) is 3. The lowest BCUT2D eigenvalue weighted by molar-refractivity contribution is 0.190. The monoisotopic (exact) mass is 493 g/mol. The van der Waals surface area contributed by atoms with Gasteiger partial charge < -0.3 is 15.2 Å². The first-order valence-electron chi connectivity index (χ1n) is 10.5. The minimum absolute atomic E-state index is 0.165. The van der Waals surface area contributed by atoms with Crippen LogP contribution in [0.4, 0.5) is 15.3 Å². The third-order valence-electron chi connectivity index (χ3n) is 4.55. The first kappa shape index (κ1) is 25.4. The number of aliphatic hydroxyl groups is 1. The number of pyridine rings is 1. The molecule has 4 amide bonds. The van der Waals surface area contributed by atoms with Crippen molar-refractivity contribution < 1.29 is 19.4 Å². The number of carbonyl (C=O) groups is 2. The Hall–Kier alpha value is -4.21.